The Labute approximate surface area is 166 Å². The number of aryl methyl sites for hydroxylation is 1. The number of aromatic nitrogens is 3. The van der Waals surface area contributed by atoms with Gasteiger partial charge in [0.15, 0.2) is 0 Å². The molecule has 2 amide bonds. The van der Waals surface area contributed by atoms with Gasteiger partial charge in [-0.25, -0.2) is 9.97 Å². The van der Waals surface area contributed by atoms with E-state index < -0.39 is 0 Å². The molecule has 0 aliphatic carbocycles. The van der Waals surface area contributed by atoms with Crippen LogP contribution in [0.3, 0.4) is 0 Å². The number of fused-ring (bicyclic) bond motifs is 4. The standard InChI is InChI=1S/C21H17N5O3/c1-11-9-13-17(24-11)10-14-18-16(26-20(14)28)5-4-15(25-18)12-3-2-6-23-21(12)29-8-7-22-19(13)27/h2-6,9-10,24H,7-8H2,1H3,(H,22,27)(H,26,28)/b14-10-. The minimum Gasteiger partial charge on any atom is -0.475 e. The molecule has 29 heavy (non-hydrogen) atoms. The molecule has 5 rings (SSSR count). The molecule has 0 saturated heterocycles. The average molecular weight is 387 g/mol. The Hall–Kier alpha value is -3.94. The van der Waals surface area contributed by atoms with E-state index in [0.29, 0.717) is 51.9 Å². The summed E-state index contributed by atoms with van der Waals surface area (Å²) in [6, 6.07) is 9.05. The van der Waals surface area contributed by atoms with E-state index in [4.69, 9.17) is 9.72 Å². The molecule has 0 atom stereocenters. The highest BCUT2D eigenvalue weighted by Crippen LogP contribution is 2.35. The summed E-state index contributed by atoms with van der Waals surface area (Å²) >= 11 is 0. The third-order valence-electron chi connectivity index (χ3n) is 4.83. The largest absolute Gasteiger partial charge is 0.475 e. The Kier molecular flexibility index (Phi) is 3.90. The van der Waals surface area contributed by atoms with E-state index >= 15 is 0 Å². The predicted octanol–water partition coefficient (Wildman–Crippen LogP) is 2.40. The van der Waals surface area contributed by atoms with Gasteiger partial charge in [0.2, 0.25) is 5.88 Å². The lowest BCUT2D eigenvalue weighted by Gasteiger charge is -2.12. The Morgan fingerprint density at radius 3 is 2.90 bits per heavy atom. The Balaban J connectivity index is 1.73. The molecule has 2 aliphatic rings. The fourth-order valence-electron chi connectivity index (χ4n) is 3.51. The normalized spacial score (nSPS) is 17.1. The molecule has 3 aromatic heterocycles. The first kappa shape index (κ1) is 17.2. The van der Waals surface area contributed by atoms with Crippen LogP contribution in [0.25, 0.3) is 22.9 Å². The molecule has 2 bridgehead atoms. The number of carbonyl (C=O) groups excluding carboxylic acids is 2. The van der Waals surface area contributed by atoms with Crippen LogP contribution >= 0.6 is 0 Å². The van der Waals surface area contributed by atoms with Crippen molar-refractivity contribution in [1.29, 1.82) is 0 Å². The number of ether oxygens (including phenoxy) is 1. The lowest BCUT2D eigenvalue weighted by Crippen LogP contribution is -2.28. The molecule has 3 aromatic rings. The van der Waals surface area contributed by atoms with Crippen LogP contribution in [0, 0.1) is 6.92 Å². The second kappa shape index (κ2) is 6.59. The van der Waals surface area contributed by atoms with Crippen molar-refractivity contribution in [1.82, 2.24) is 20.3 Å². The quantitative estimate of drug-likeness (QED) is 0.549. The van der Waals surface area contributed by atoms with Gasteiger partial charge in [0.25, 0.3) is 11.8 Å². The zero-order valence-corrected chi connectivity index (χ0v) is 15.6. The van der Waals surface area contributed by atoms with Crippen LogP contribution in [-0.4, -0.2) is 39.9 Å². The molecule has 8 nitrogen and oxygen atoms in total. The van der Waals surface area contributed by atoms with E-state index in [1.54, 1.807) is 24.4 Å². The van der Waals surface area contributed by atoms with Gasteiger partial charge in [-0.05, 0) is 43.3 Å². The van der Waals surface area contributed by atoms with E-state index in [2.05, 4.69) is 20.6 Å². The Morgan fingerprint density at radius 2 is 2.00 bits per heavy atom. The van der Waals surface area contributed by atoms with Crippen LogP contribution in [0.15, 0.2) is 36.5 Å². The van der Waals surface area contributed by atoms with E-state index in [-0.39, 0.29) is 18.4 Å². The maximum absolute atomic E-state index is 12.7. The third-order valence-corrected chi connectivity index (χ3v) is 4.83. The summed E-state index contributed by atoms with van der Waals surface area (Å²) in [4.78, 5) is 37.4. The SMILES string of the molecule is Cc1cc2c([nH]1)/C=C1\C(=O)Nc3ccc(nc31)-c1cccnc1OCCNC2=O. The molecule has 0 radical (unpaired) electrons. The van der Waals surface area contributed by atoms with Crippen LogP contribution in [0.5, 0.6) is 5.88 Å². The van der Waals surface area contributed by atoms with Crippen LogP contribution < -0.4 is 15.4 Å². The van der Waals surface area contributed by atoms with Crippen molar-refractivity contribution in [2.24, 2.45) is 0 Å². The fraction of sp³-hybridized carbons (Fsp3) is 0.143. The molecule has 144 valence electrons. The molecule has 0 saturated carbocycles. The van der Waals surface area contributed by atoms with Crippen molar-refractivity contribution in [3.8, 4) is 17.1 Å². The molecule has 2 aliphatic heterocycles. The van der Waals surface area contributed by atoms with Crippen molar-refractivity contribution in [2.75, 3.05) is 18.5 Å². The minimum absolute atomic E-state index is 0.247. The number of hydrogen-bond donors (Lipinski definition) is 3. The van der Waals surface area contributed by atoms with Gasteiger partial charge in [0.05, 0.1) is 40.3 Å². The van der Waals surface area contributed by atoms with Crippen LogP contribution in [0.1, 0.15) is 27.4 Å². The zero-order chi connectivity index (χ0) is 20.0. The van der Waals surface area contributed by atoms with Gasteiger partial charge >= 0.3 is 0 Å². The lowest BCUT2D eigenvalue weighted by molar-refractivity contribution is -0.110. The fourth-order valence-corrected chi connectivity index (χ4v) is 3.51. The summed E-state index contributed by atoms with van der Waals surface area (Å²) in [6.07, 6.45) is 3.31. The Morgan fingerprint density at radius 1 is 1.10 bits per heavy atom. The maximum atomic E-state index is 12.7. The van der Waals surface area contributed by atoms with Crippen molar-refractivity contribution < 1.29 is 14.3 Å². The van der Waals surface area contributed by atoms with Gasteiger partial charge in [-0.3, -0.25) is 9.59 Å². The predicted molar refractivity (Wildman–Crippen MR) is 107 cm³/mol. The summed E-state index contributed by atoms with van der Waals surface area (Å²) in [5, 5.41) is 5.67. The average Bonchev–Trinajstić information content (AvgIpc) is 3.24. The van der Waals surface area contributed by atoms with Crippen LogP contribution in [0.4, 0.5) is 5.69 Å². The van der Waals surface area contributed by atoms with Crippen molar-refractivity contribution >= 4 is 29.2 Å². The molecule has 8 heteroatoms. The number of nitrogens with zero attached hydrogens (tertiary/aromatic N) is 2. The van der Waals surface area contributed by atoms with Crippen molar-refractivity contribution in [3.63, 3.8) is 0 Å². The summed E-state index contributed by atoms with van der Waals surface area (Å²) in [6.45, 7) is 2.44. The monoisotopic (exact) mass is 387 g/mol. The highest BCUT2D eigenvalue weighted by Gasteiger charge is 2.28. The first-order valence-corrected chi connectivity index (χ1v) is 9.20. The number of pyridine rings is 2. The van der Waals surface area contributed by atoms with Gasteiger partial charge in [-0.1, -0.05) is 0 Å². The second-order valence-corrected chi connectivity index (χ2v) is 6.84. The first-order valence-electron chi connectivity index (χ1n) is 9.20. The number of rotatable bonds is 0. The number of carbonyl (C=O) groups is 2. The molecule has 5 heterocycles. The van der Waals surface area contributed by atoms with E-state index in [9.17, 15) is 9.59 Å². The smallest absolute Gasteiger partial charge is 0.258 e. The van der Waals surface area contributed by atoms with Crippen LogP contribution in [-0.2, 0) is 4.79 Å². The molecule has 0 aromatic carbocycles. The number of nitrogens with one attached hydrogen (secondary N) is 3. The number of aromatic amines is 1. The molecule has 0 fully saturated rings. The minimum atomic E-state index is -0.266. The van der Waals surface area contributed by atoms with E-state index in [1.165, 1.54) is 0 Å². The van der Waals surface area contributed by atoms with Crippen LogP contribution in [0.2, 0.25) is 0 Å². The van der Waals surface area contributed by atoms with Gasteiger partial charge in [-0.2, -0.15) is 0 Å². The number of H-pyrrole nitrogens is 1. The number of amides is 2. The van der Waals surface area contributed by atoms with E-state index in [1.807, 2.05) is 25.1 Å². The number of hydrogen-bond acceptors (Lipinski definition) is 5. The molecular formula is C21H17N5O3. The van der Waals surface area contributed by atoms with Gasteiger partial charge in [-0.15, -0.1) is 0 Å². The topological polar surface area (TPSA) is 109 Å². The van der Waals surface area contributed by atoms with Gasteiger partial charge in [0.1, 0.15) is 12.3 Å². The van der Waals surface area contributed by atoms with E-state index in [0.717, 1.165) is 5.69 Å². The molecular weight excluding hydrogens is 370 g/mol. The van der Waals surface area contributed by atoms with Crippen molar-refractivity contribution in [3.05, 3.63) is 59.2 Å². The highest BCUT2D eigenvalue weighted by atomic mass is 16.5. The lowest BCUT2D eigenvalue weighted by atomic mass is 10.1. The highest BCUT2D eigenvalue weighted by molar-refractivity contribution is 6.34. The van der Waals surface area contributed by atoms with Gasteiger partial charge < -0.3 is 20.4 Å². The first-order chi connectivity index (χ1) is 14.1. The molecule has 0 spiro atoms. The summed E-state index contributed by atoms with van der Waals surface area (Å²) < 4.78 is 5.79. The van der Waals surface area contributed by atoms with Gasteiger partial charge in [0, 0.05) is 11.9 Å². The third kappa shape index (κ3) is 2.94. The summed E-state index contributed by atoms with van der Waals surface area (Å²) in [5.74, 6) is -0.0892. The second-order valence-electron chi connectivity index (χ2n) is 6.84. The Bertz CT molecular complexity index is 1190. The number of anilines is 1. The van der Waals surface area contributed by atoms with Crippen molar-refractivity contribution in [2.45, 2.75) is 6.92 Å². The maximum Gasteiger partial charge on any atom is 0.258 e. The zero-order valence-electron chi connectivity index (χ0n) is 15.6. The molecule has 3 N–H and O–H groups in total. The molecule has 0 unspecified atom stereocenters. The summed E-state index contributed by atoms with van der Waals surface area (Å²) in [5.41, 5.74) is 4.75. The summed E-state index contributed by atoms with van der Waals surface area (Å²) in [7, 11) is 0.